The highest BCUT2D eigenvalue weighted by Crippen LogP contribution is 2.41. The highest BCUT2D eigenvalue weighted by molar-refractivity contribution is 6.12. The lowest BCUT2D eigenvalue weighted by Gasteiger charge is -2.25. The maximum atomic E-state index is 14.2. The van der Waals surface area contributed by atoms with Crippen LogP contribution in [-0.4, -0.2) is 84.5 Å². The average molecular weight is 564 g/mol. The molecule has 2 aliphatic heterocycles. The first-order valence-electron chi connectivity index (χ1n) is 13.1. The van der Waals surface area contributed by atoms with Crippen molar-refractivity contribution < 1.29 is 23.8 Å². The predicted octanol–water partition coefficient (Wildman–Crippen LogP) is 2.64. The van der Waals surface area contributed by atoms with E-state index >= 15 is 0 Å². The van der Waals surface area contributed by atoms with Crippen molar-refractivity contribution in [3.05, 3.63) is 65.6 Å². The van der Waals surface area contributed by atoms with Gasteiger partial charge in [0.2, 0.25) is 5.91 Å². The molecule has 3 amide bonds. The number of carbonyl (C=O) groups is 2. The zero-order chi connectivity index (χ0) is 29.7. The number of aryl methyl sites for hydroxylation is 1. The minimum Gasteiger partial charge on any atom is -0.496 e. The molecule has 2 heterocycles. The number of likely N-dealkylation sites (N-methyl/N-ethyl adjacent to an activating group) is 2. The number of aliphatic imine (C=N–C) groups is 1. The van der Waals surface area contributed by atoms with Crippen LogP contribution in [0.3, 0.4) is 0 Å². The van der Waals surface area contributed by atoms with Crippen LogP contribution in [0.2, 0.25) is 0 Å². The molecule has 41 heavy (non-hydrogen) atoms. The number of amides is 3. The van der Waals surface area contributed by atoms with Gasteiger partial charge in [-0.3, -0.25) is 14.6 Å². The number of hydrogen-bond donors (Lipinski definition) is 2. The van der Waals surface area contributed by atoms with Gasteiger partial charge in [-0.15, -0.1) is 0 Å². The van der Waals surface area contributed by atoms with Gasteiger partial charge in [0.05, 0.1) is 31.4 Å². The number of rotatable bonds is 11. The van der Waals surface area contributed by atoms with Gasteiger partial charge in [-0.2, -0.15) is 0 Å². The largest absolute Gasteiger partial charge is 0.496 e. The summed E-state index contributed by atoms with van der Waals surface area (Å²) < 4.78 is 16.6. The van der Waals surface area contributed by atoms with E-state index in [1.54, 1.807) is 51.6 Å². The molecule has 1 saturated heterocycles. The van der Waals surface area contributed by atoms with Crippen LogP contribution >= 0.6 is 0 Å². The van der Waals surface area contributed by atoms with Gasteiger partial charge in [-0.1, -0.05) is 12.1 Å². The van der Waals surface area contributed by atoms with Gasteiger partial charge in [0.25, 0.3) is 0 Å². The van der Waals surface area contributed by atoms with Crippen LogP contribution in [0.5, 0.6) is 11.5 Å². The number of benzene rings is 2. The molecule has 0 aromatic heterocycles. The van der Waals surface area contributed by atoms with E-state index in [-0.39, 0.29) is 18.5 Å². The van der Waals surface area contributed by atoms with Crippen molar-refractivity contribution in [1.82, 2.24) is 10.2 Å². The van der Waals surface area contributed by atoms with Gasteiger partial charge in [0, 0.05) is 50.7 Å². The van der Waals surface area contributed by atoms with Crippen LogP contribution in [-0.2, 0) is 9.53 Å². The van der Waals surface area contributed by atoms with Crippen LogP contribution < -0.4 is 35.2 Å². The molecular formula is C29H37N7O5. The minimum absolute atomic E-state index is 0.224. The van der Waals surface area contributed by atoms with E-state index in [1.165, 1.54) is 27.1 Å². The van der Waals surface area contributed by atoms with Crippen molar-refractivity contribution in [3.8, 4) is 11.5 Å². The molecule has 2 aromatic rings. The first-order valence-corrected chi connectivity index (χ1v) is 13.1. The van der Waals surface area contributed by atoms with Gasteiger partial charge < -0.3 is 35.1 Å². The SMILES string of the molecule is COCCOc1cc(N(C)C(=O)/C=C/CN(C)C)cc(N2C(=O)N(c3ccc(C)c(OC)c3)C3=C(N)NC=NC32)c1. The van der Waals surface area contributed by atoms with E-state index in [2.05, 4.69) is 10.3 Å². The summed E-state index contributed by atoms with van der Waals surface area (Å²) in [5.41, 5.74) is 9.37. The molecule has 1 atom stereocenters. The Morgan fingerprint density at radius 2 is 1.90 bits per heavy atom. The van der Waals surface area contributed by atoms with Crippen molar-refractivity contribution >= 4 is 35.3 Å². The molecule has 12 nitrogen and oxygen atoms in total. The zero-order valence-corrected chi connectivity index (χ0v) is 24.2. The van der Waals surface area contributed by atoms with Gasteiger partial charge in [0.1, 0.15) is 29.6 Å². The Kier molecular flexibility index (Phi) is 9.15. The molecule has 0 spiro atoms. The van der Waals surface area contributed by atoms with E-state index < -0.39 is 6.17 Å². The van der Waals surface area contributed by atoms with Crippen LogP contribution in [0.4, 0.5) is 21.9 Å². The molecule has 3 N–H and O–H groups in total. The smallest absolute Gasteiger partial charge is 0.335 e. The summed E-state index contributed by atoms with van der Waals surface area (Å²) in [4.78, 5) is 38.2. The Labute approximate surface area is 240 Å². The molecule has 2 aromatic carbocycles. The number of methoxy groups -OCH3 is 2. The van der Waals surface area contributed by atoms with Crippen molar-refractivity contribution in [2.24, 2.45) is 10.7 Å². The lowest BCUT2D eigenvalue weighted by molar-refractivity contribution is -0.113. The summed E-state index contributed by atoms with van der Waals surface area (Å²) in [5, 5.41) is 2.91. The minimum atomic E-state index is -0.751. The summed E-state index contributed by atoms with van der Waals surface area (Å²) >= 11 is 0. The third kappa shape index (κ3) is 6.28. The van der Waals surface area contributed by atoms with Crippen molar-refractivity contribution in [2.75, 3.05) is 69.8 Å². The Hall–Kier alpha value is -4.55. The predicted molar refractivity (Wildman–Crippen MR) is 160 cm³/mol. The Bertz CT molecular complexity index is 1390. The number of ether oxygens (including phenoxy) is 3. The molecule has 0 saturated carbocycles. The standard InChI is InChI=1S/C29H37N7O5/c1-19-9-10-20(17-24(19)40-6)35-26-27(30)31-18-32-28(26)36(29(35)38)22-14-21(15-23(16-22)41-13-12-39-5)34(4)25(37)8-7-11-33(2)3/h7-10,14-18,28H,11-13,30H2,1-6H3,(H,31,32)/b8-7+. The molecule has 218 valence electrons. The van der Waals surface area contributed by atoms with Crippen molar-refractivity contribution in [3.63, 3.8) is 0 Å². The zero-order valence-electron chi connectivity index (χ0n) is 24.2. The first-order chi connectivity index (χ1) is 19.7. The first kappa shape index (κ1) is 29.4. The van der Waals surface area contributed by atoms with E-state index in [4.69, 9.17) is 19.9 Å². The fourth-order valence-corrected chi connectivity index (χ4v) is 4.48. The maximum Gasteiger partial charge on any atom is 0.335 e. The summed E-state index contributed by atoms with van der Waals surface area (Å²) in [6.45, 7) is 3.20. The molecule has 1 unspecified atom stereocenters. The lowest BCUT2D eigenvalue weighted by atomic mass is 10.1. The van der Waals surface area contributed by atoms with Gasteiger partial charge in [-0.05, 0) is 38.7 Å². The van der Waals surface area contributed by atoms with E-state index in [9.17, 15) is 9.59 Å². The molecule has 12 heteroatoms. The number of nitrogens with one attached hydrogen (secondary N) is 1. The van der Waals surface area contributed by atoms with E-state index in [0.717, 1.165) is 5.56 Å². The third-order valence-corrected chi connectivity index (χ3v) is 6.65. The second-order valence-corrected chi connectivity index (χ2v) is 9.83. The molecule has 4 rings (SSSR count). The quantitative estimate of drug-likeness (QED) is 0.316. The number of anilines is 3. The number of nitrogens with zero attached hydrogens (tertiary/aromatic N) is 5. The monoisotopic (exact) mass is 563 g/mol. The second kappa shape index (κ2) is 12.7. The molecule has 0 radical (unpaired) electrons. The number of fused-ring (bicyclic) bond motifs is 1. The summed E-state index contributed by atoms with van der Waals surface area (Å²) in [5.74, 6) is 1.17. The van der Waals surface area contributed by atoms with Crippen LogP contribution in [0.15, 0.2) is 65.1 Å². The van der Waals surface area contributed by atoms with Crippen molar-refractivity contribution in [2.45, 2.75) is 13.1 Å². The fourth-order valence-electron chi connectivity index (χ4n) is 4.48. The van der Waals surface area contributed by atoms with Crippen LogP contribution in [0, 0.1) is 6.92 Å². The van der Waals surface area contributed by atoms with Crippen molar-refractivity contribution in [1.29, 1.82) is 0 Å². The Morgan fingerprint density at radius 1 is 1.12 bits per heavy atom. The third-order valence-electron chi connectivity index (χ3n) is 6.65. The summed E-state index contributed by atoms with van der Waals surface area (Å²) in [6, 6.07) is 10.4. The van der Waals surface area contributed by atoms with E-state index in [1.807, 2.05) is 38.1 Å². The van der Waals surface area contributed by atoms with Gasteiger partial charge >= 0.3 is 6.03 Å². The number of nitrogens with two attached hydrogens (primary N) is 1. The second-order valence-electron chi connectivity index (χ2n) is 9.83. The summed E-state index contributed by atoms with van der Waals surface area (Å²) in [7, 11) is 8.68. The highest BCUT2D eigenvalue weighted by Gasteiger charge is 2.46. The van der Waals surface area contributed by atoms with E-state index in [0.29, 0.717) is 53.2 Å². The maximum absolute atomic E-state index is 14.2. The van der Waals surface area contributed by atoms with Crippen LogP contribution in [0.25, 0.3) is 0 Å². The average Bonchev–Trinajstić information content (AvgIpc) is 3.25. The topological polar surface area (TPSA) is 125 Å². The summed E-state index contributed by atoms with van der Waals surface area (Å²) in [6.07, 6.45) is 4.03. The van der Waals surface area contributed by atoms with Gasteiger partial charge in [-0.25, -0.2) is 9.79 Å². The Morgan fingerprint density at radius 3 is 2.61 bits per heavy atom. The number of urea groups is 1. The number of hydrogen-bond acceptors (Lipinski definition) is 9. The van der Waals surface area contributed by atoms with Gasteiger partial charge in [0.15, 0.2) is 6.17 Å². The normalized spacial score (nSPS) is 16.5. The number of carbonyl (C=O) groups excluding carboxylic acids is 2. The lowest BCUT2D eigenvalue weighted by Crippen LogP contribution is -2.37. The molecule has 2 aliphatic rings. The molecular weight excluding hydrogens is 526 g/mol. The molecule has 0 aliphatic carbocycles. The van der Waals surface area contributed by atoms with Crippen LogP contribution in [0.1, 0.15) is 5.56 Å². The fraction of sp³-hybridized carbons (Fsp3) is 0.345. The Balaban J connectivity index is 1.78. The molecule has 0 bridgehead atoms. The molecule has 1 fully saturated rings. The highest BCUT2D eigenvalue weighted by atomic mass is 16.5.